The Morgan fingerprint density at radius 2 is 0.741 bits per heavy atom. The summed E-state index contributed by atoms with van der Waals surface area (Å²) in [6.45, 7) is 0. The second-order valence-electron chi connectivity index (χ2n) is 14.2. The van der Waals surface area contributed by atoms with E-state index in [4.69, 9.17) is 4.42 Å². The second kappa shape index (κ2) is 12.6. The van der Waals surface area contributed by atoms with Crippen LogP contribution in [0.4, 0.5) is 0 Å². The molecule has 0 fully saturated rings. The fourth-order valence-electron chi connectivity index (χ4n) is 8.57. The van der Waals surface area contributed by atoms with Crippen molar-refractivity contribution in [2.75, 3.05) is 0 Å². The van der Waals surface area contributed by atoms with E-state index in [1.54, 1.807) is 0 Å². The SMILES string of the molecule is c1ccc(-c2ccc([PH+](c3ccc(-c4ccccc4)cc3)c3ccc(-c4ccc5oc6cc7c8c(cccc8c6c5c4)-c4ccccc4-7)cc3)cc2)cc1. The van der Waals surface area contributed by atoms with E-state index in [0.29, 0.717) is 0 Å². The Kier molecular flexibility index (Phi) is 7.22. The second-order valence-corrected chi connectivity index (χ2v) is 16.7. The summed E-state index contributed by atoms with van der Waals surface area (Å²) in [7, 11) is -1.29. The van der Waals surface area contributed by atoms with Gasteiger partial charge in [0.15, 0.2) is 0 Å². The lowest BCUT2D eigenvalue weighted by Crippen LogP contribution is -2.20. The van der Waals surface area contributed by atoms with Crippen LogP contribution in [0.15, 0.2) is 205 Å². The molecular formula is C52H34OP+. The highest BCUT2D eigenvalue weighted by Crippen LogP contribution is 2.51. The topological polar surface area (TPSA) is 13.1 Å². The summed E-state index contributed by atoms with van der Waals surface area (Å²) in [5.41, 5.74) is 14.4. The van der Waals surface area contributed by atoms with Crippen molar-refractivity contribution in [2.45, 2.75) is 0 Å². The quantitative estimate of drug-likeness (QED) is 0.157. The molecule has 1 aliphatic rings. The van der Waals surface area contributed by atoms with E-state index >= 15 is 0 Å². The highest BCUT2D eigenvalue weighted by Gasteiger charge is 2.27. The molecule has 0 spiro atoms. The van der Waals surface area contributed by atoms with Crippen molar-refractivity contribution in [3.05, 3.63) is 200 Å². The summed E-state index contributed by atoms with van der Waals surface area (Å²) in [5, 5.41) is 9.04. The molecule has 10 aromatic rings. The van der Waals surface area contributed by atoms with Gasteiger partial charge in [-0.25, -0.2) is 0 Å². The molecule has 1 heterocycles. The van der Waals surface area contributed by atoms with Crippen molar-refractivity contribution in [3.8, 4) is 55.6 Å². The number of fused-ring (bicyclic) bond motifs is 7. The first-order chi connectivity index (χ1) is 26.8. The first-order valence-corrected chi connectivity index (χ1v) is 20.1. The van der Waals surface area contributed by atoms with Crippen LogP contribution in [0.5, 0.6) is 0 Å². The standard InChI is InChI=1S/C52H33OP/c1-3-10-34(11-4-1)36-18-25-40(26-19-36)54(41-27-20-37(21-28-41)35-12-5-2-6-13-35)42-29-22-38(23-30-42)39-24-31-49-48(32-39)52-46-17-9-16-45-43-14-7-8-15-44(43)47(51(45)46)33-50(52)53-49/h1-33H/p+1. The van der Waals surface area contributed by atoms with Gasteiger partial charge in [0.2, 0.25) is 0 Å². The molecular weight excluding hydrogens is 672 g/mol. The fourth-order valence-corrected chi connectivity index (χ4v) is 11.1. The van der Waals surface area contributed by atoms with Gasteiger partial charge in [0.05, 0.1) is 7.92 Å². The van der Waals surface area contributed by atoms with E-state index in [2.05, 4.69) is 200 Å². The Morgan fingerprint density at radius 3 is 1.31 bits per heavy atom. The largest absolute Gasteiger partial charge is 0.456 e. The van der Waals surface area contributed by atoms with Gasteiger partial charge >= 0.3 is 0 Å². The van der Waals surface area contributed by atoms with Crippen molar-refractivity contribution in [1.82, 2.24) is 0 Å². The molecule has 0 aliphatic heterocycles. The lowest BCUT2D eigenvalue weighted by Gasteiger charge is -2.13. The highest BCUT2D eigenvalue weighted by atomic mass is 31.1. The maximum atomic E-state index is 6.56. The van der Waals surface area contributed by atoms with Crippen molar-refractivity contribution >= 4 is 56.5 Å². The monoisotopic (exact) mass is 705 g/mol. The smallest absolute Gasteiger partial charge is 0.136 e. The van der Waals surface area contributed by atoms with E-state index in [-0.39, 0.29) is 0 Å². The summed E-state index contributed by atoms with van der Waals surface area (Å²) >= 11 is 0. The molecule has 0 radical (unpaired) electrons. The number of hydrogen-bond acceptors (Lipinski definition) is 1. The van der Waals surface area contributed by atoms with Crippen LogP contribution in [0.2, 0.25) is 0 Å². The third kappa shape index (κ3) is 5.05. The van der Waals surface area contributed by atoms with Crippen LogP contribution in [0.3, 0.4) is 0 Å². The summed E-state index contributed by atoms with van der Waals surface area (Å²) < 4.78 is 6.56. The van der Waals surface area contributed by atoms with Gasteiger partial charge in [-0.1, -0.05) is 146 Å². The Hall–Kier alpha value is -6.53. The molecule has 2 heteroatoms. The molecule has 0 saturated carbocycles. The van der Waals surface area contributed by atoms with E-state index in [1.807, 2.05) is 0 Å². The van der Waals surface area contributed by atoms with Gasteiger partial charge in [-0.15, -0.1) is 0 Å². The van der Waals surface area contributed by atoms with Crippen LogP contribution >= 0.6 is 7.92 Å². The first-order valence-electron chi connectivity index (χ1n) is 18.6. The van der Waals surface area contributed by atoms with Crippen LogP contribution in [-0.2, 0) is 0 Å². The van der Waals surface area contributed by atoms with Gasteiger partial charge in [0.25, 0.3) is 0 Å². The Bertz CT molecular complexity index is 2910. The zero-order valence-corrected chi connectivity index (χ0v) is 30.5. The molecule has 9 aromatic carbocycles. The molecule has 0 N–H and O–H groups in total. The average Bonchev–Trinajstić information content (AvgIpc) is 3.78. The third-order valence-electron chi connectivity index (χ3n) is 11.2. The van der Waals surface area contributed by atoms with Gasteiger partial charge in [-0.05, 0) is 121 Å². The van der Waals surface area contributed by atoms with Gasteiger partial charge < -0.3 is 4.42 Å². The molecule has 0 saturated heterocycles. The van der Waals surface area contributed by atoms with Crippen LogP contribution < -0.4 is 15.9 Å². The average molecular weight is 706 g/mol. The summed E-state index contributed by atoms with van der Waals surface area (Å²) in [5.74, 6) is 0. The predicted molar refractivity (Wildman–Crippen MR) is 232 cm³/mol. The van der Waals surface area contributed by atoms with E-state index in [0.717, 1.165) is 16.6 Å². The molecule has 0 amide bonds. The molecule has 1 aromatic heterocycles. The molecule has 252 valence electrons. The zero-order chi connectivity index (χ0) is 35.6. The molecule has 0 bridgehead atoms. The van der Waals surface area contributed by atoms with E-state index < -0.39 is 7.92 Å². The molecule has 54 heavy (non-hydrogen) atoms. The van der Waals surface area contributed by atoms with Gasteiger partial charge in [-0.2, -0.15) is 0 Å². The van der Waals surface area contributed by atoms with Gasteiger partial charge in [0, 0.05) is 10.8 Å². The van der Waals surface area contributed by atoms with Crippen LogP contribution in [-0.4, -0.2) is 0 Å². The van der Waals surface area contributed by atoms with Gasteiger partial charge in [-0.3, -0.25) is 0 Å². The van der Waals surface area contributed by atoms with Crippen LogP contribution in [0.25, 0.3) is 88.3 Å². The van der Waals surface area contributed by atoms with Crippen molar-refractivity contribution in [3.63, 3.8) is 0 Å². The van der Waals surface area contributed by atoms with Crippen LogP contribution in [0, 0.1) is 0 Å². The van der Waals surface area contributed by atoms with Crippen molar-refractivity contribution in [1.29, 1.82) is 0 Å². The Morgan fingerprint density at radius 1 is 0.278 bits per heavy atom. The zero-order valence-electron chi connectivity index (χ0n) is 29.5. The number of hydrogen-bond donors (Lipinski definition) is 0. The Balaban J connectivity index is 0.990. The Labute approximate surface area is 315 Å². The molecule has 1 nitrogen and oxygen atoms in total. The fraction of sp³-hybridized carbons (Fsp3) is 0. The number of benzene rings is 9. The first kappa shape index (κ1) is 31.0. The van der Waals surface area contributed by atoms with Crippen molar-refractivity contribution in [2.24, 2.45) is 0 Å². The van der Waals surface area contributed by atoms with E-state index in [1.165, 1.54) is 87.7 Å². The maximum Gasteiger partial charge on any atom is 0.136 e. The molecule has 11 rings (SSSR count). The van der Waals surface area contributed by atoms with Crippen LogP contribution in [0.1, 0.15) is 0 Å². The summed E-state index contributed by atoms with van der Waals surface area (Å²) in [6, 6.07) is 73.4. The highest BCUT2D eigenvalue weighted by molar-refractivity contribution is 7.79. The lowest BCUT2D eigenvalue weighted by molar-refractivity contribution is 0.669. The minimum Gasteiger partial charge on any atom is -0.456 e. The third-order valence-corrected chi connectivity index (χ3v) is 13.9. The number of furan rings is 1. The number of rotatable bonds is 6. The minimum atomic E-state index is -1.29. The normalized spacial score (nSPS) is 11.9. The van der Waals surface area contributed by atoms with E-state index in [9.17, 15) is 0 Å². The molecule has 0 unspecified atom stereocenters. The summed E-state index contributed by atoms with van der Waals surface area (Å²) in [6.07, 6.45) is 0. The minimum absolute atomic E-state index is 0.923. The maximum absolute atomic E-state index is 6.56. The molecule has 0 atom stereocenters. The predicted octanol–water partition coefficient (Wildman–Crippen LogP) is 12.9. The lowest BCUT2D eigenvalue weighted by atomic mass is 9.97. The van der Waals surface area contributed by atoms with Crippen molar-refractivity contribution < 1.29 is 4.42 Å². The molecule has 1 aliphatic carbocycles. The summed E-state index contributed by atoms with van der Waals surface area (Å²) in [4.78, 5) is 0. The van der Waals surface area contributed by atoms with Gasteiger partial charge in [0.1, 0.15) is 27.1 Å².